The highest BCUT2D eigenvalue weighted by molar-refractivity contribution is 6.34. The number of carbonyl (C=O) groups is 2. The highest BCUT2D eigenvalue weighted by atomic mass is 35.5. The van der Waals surface area contributed by atoms with Gasteiger partial charge in [-0.05, 0) is 43.2 Å². The van der Waals surface area contributed by atoms with E-state index in [1.165, 1.54) is 6.42 Å². The first kappa shape index (κ1) is 23.2. The van der Waals surface area contributed by atoms with Crippen LogP contribution in [0.3, 0.4) is 0 Å². The minimum Gasteiger partial charge on any atom is -0.508 e. The van der Waals surface area contributed by atoms with Crippen molar-refractivity contribution in [2.45, 2.75) is 38.1 Å². The van der Waals surface area contributed by atoms with E-state index < -0.39 is 0 Å². The summed E-state index contributed by atoms with van der Waals surface area (Å²) in [5, 5.41) is 12.9. The first-order valence-corrected chi connectivity index (χ1v) is 12.0. The third-order valence-electron chi connectivity index (χ3n) is 6.66. The SMILES string of the molecule is CN(C(=O)c1ccc(NC(=O)N2CCN(c3cccc(O)c3)CC2)cc1Cl)C1CCCCC1. The lowest BCUT2D eigenvalue weighted by Gasteiger charge is -2.36. The molecule has 2 aromatic rings. The van der Waals surface area contributed by atoms with Gasteiger partial charge >= 0.3 is 6.03 Å². The number of carbonyl (C=O) groups excluding carboxylic acids is 2. The molecular weight excluding hydrogens is 440 g/mol. The number of halogens is 1. The summed E-state index contributed by atoms with van der Waals surface area (Å²) in [7, 11) is 1.85. The van der Waals surface area contributed by atoms with Crippen molar-refractivity contribution >= 4 is 34.9 Å². The summed E-state index contributed by atoms with van der Waals surface area (Å²) in [4.78, 5) is 31.4. The van der Waals surface area contributed by atoms with E-state index in [4.69, 9.17) is 11.6 Å². The Kier molecular flexibility index (Phi) is 7.28. The van der Waals surface area contributed by atoms with E-state index >= 15 is 0 Å². The summed E-state index contributed by atoms with van der Waals surface area (Å²) in [6.45, 7) is 2.49. The molecule has 2 fully saturated rings. The zero-order valence-corrected chi connectivity index (χ0v) is 19.7. The average molecular weight is 471 g/mol. The Bertz CT molecular complexity index is 1000. The van der Waals surface area contributed by atoms with Crippen LogP contribution >= 0.6 is 11.6 Å². The fourth-order valence-electron chi connectivity index (χ4n) is 4.65. The van der Waals surface area contributed by atoms with Gasteiger partial charge in [-0.3, -0.25) is 4.79 Å². The van der Waals surface area contributed by atoms with E-state index in [-0.39, 0.29) is 23.7 Å². The molecule has 1 aliphatic heterocycles. The van der Waals surface area contributed by atoms with Crippen LogP contribution in [0.5, 0.6) is 5.75 Å². The molecule has 0 spiro atoms. The molecule has 1 aliphatic carbocycles. The maximum Gasteiger partial charge on any atom is 0.321 e. The van der Waals surface area contributed by atoms with Gasteiger partial charge in [0, 0.05) is 56.7 Å². The quantitative estimate of drug-likeness (QED) is 0.672. The highest BCUT2D eigenvalue weighted by Crippen LogP contribution is 2.27. The molecule has 7 nitrogen and oxygen atoms in total. The van der Waals surface area contributed by atoms with E-state index in [1.54, 1.807) is 35.2 Å². The number of hydrogen-bond donors (Lipinski definition) is 2. The first-order chi connectivity index (χ1) is 15.9. The van der Waals surface area contributed by atoms with Crippen LogP contribution in [0.1, 0.15) is 42.5 Å². The Labute approximate surface area is 199 Å². The summed E-state index contributed by atoms with van der Waals surface area (Å²) < 4.78 is 0. The maximum atomic E-state index is 12.9. The van der Waals surface area contributed by atoms with E-state index in [0.29, 0.717) is 42.5 Å². The van der Waals surface area contributed by atoms with Gasteiger partial charge in [-0.2, -0.15) is 0 Å². The van der Waals surface area contributed by atoms with Crippen LogP contribution in [0.15, 0.2) is 42.5 Å². The Morgan fingerprint density at radius 2 is 1.76 bits per heavy atom. The van der Waals surface area contributed by atoms with Crippen molar-refractivity contribution in [3.63, 3.8) is 0 Å². The Morgan fingerprint density at radius 1 is 1.03 bits per heavy atom. The summed E-state index contributed by atoms with van der Waals surface area (Å²) in [5.74, 6) is 0.157. The molecule has 0 atom stereocenters. The Balaban J connectivity index is 1.33. The topological polar surface area (TPSA) is 76.1 Å². The number of nitrogens with zero attached hydrogens (tertiary/aromatic N) is 3. The zero-order chi connectivity index (χ0) is 23.4. The van der Waals surface area contributed by atoms with Crippen LogP contribution in [0.4, 0.5) is 16.2 Å². The lowest BCUT2D eigenvalue weighted by atomic mass is 9.94. The average Bonchev–Trinajstić information content (AvgIpc) is 2.84. The van der Waals surface area contributed by atoms with Gasteiger partial charge in [-0.25, -0.2) is 4.79 Å². The van der Waals surface area contributed by atoms with Crippen LogP contribution in [-0.2, 0) is 0 Å². The molecule has 3 amide bonds. The van der Waals surface area contributed by atoms with Crippen molar-refractivity contribution < 1.29 is 14.7 Å². The molecule has 0 unspecified atom stereocenters. The number of aromatic hydroxyl groups is 1. The number of nitrogens with one attached hydrogen (secondary N) is 1. The number of anilines is 2. The van der Waals surface area contributed by atoms with E-state index in [9.17, 15) is 14.7 Å². The Hall–Kier alpha value is -2.93. The molecule has 33 heavy (non-hydrogen) atoms. The summed E-state index contributed by atoms with van der Waals surface area (Å²) >= 11 is 6.44. The van der Waals surface area contributed by atoms with Crippen molar-refractivity contribution in [3.8, 4) is 5.75 Å². The van der Waals surface area contributed by atoms with Crippen LogP contribution in [0, 0.1) is 0 Å². The molecule has 4 rings (SSSR count). The summed E-state index contributed by atoms with van der Waals surface area (Å²) in [5.41, 5.74) is 1.97. The van der Waals surface area contributed by atoms with Crippen molar-refractivity contribution in [1.29, 1.82) is 0 Å². The minimum atomic E-state index is -0.194. The number of phenolic OH excluding ortho intramolecular Hbond substituents is 1. The molecule has 176 valence electrons. The van der Waals surface area contributed by atoms with Gasteiger partial charge in [0.2, 0.25) is 0 Å². The van der Waals surface area contributed by atoms with Gasteiger partial charge in [0.15, 0.2) is 0 Å². The van der Waals surface area contributed by atoms with Crippen LogP contribution in [0.2, 0.25) is 5.02 Å². The van der Waals surface area contributed by atoms with Crippen LogP contribution in [0.25, 0.3) is 0 Å². The highest BCUT2D eigenvalue weighted by Gasteiger charge is 2.25. The third kappa shape index (κ3) is 5.53. The lowest BCUT2D eigenvalue weighted by molar-refractivity contribution is 0.0696. The van der Waals surface area contributed by atoms with Gasteiger partial charge in [0.1, 0.15) is 5.75 Å². The van der Waals surface area contributed by atoms with E-state index in [0.717, 1.165) is 31.4 Å². The second-order valence-corrected chi connectivity index (χ2v) is 9.23. The number of urea groups is 1. The van der Waals surface area contributed by atoms with Gasteiger partial charge < -0.3 is 25.1 Å². The molecule has 2 N–H and O–H groups in total. The van der Waals surface area contributed by atoms with Crippen LogP contribution in [-0.4, -0.2) is 66.1 Å². The zero-order valence-electron chi connectivity index (χ0n) is 19.0. The molecule has 2 aliphatic rings. The molecular formula is C25H31ClN4O3. The van der Waals surface area contributed by atoms with Crippen LogP contribution < -0.4 is 10.2 Å². The van der Waals surface area contributed by atoms with Crippen molar-refractivity contribution in [1.82, 2.24) is 9.80 Å². The third-order valence-corrected chi connectivity index (χ3v) is 6.97. The van der Waals surface area contributed by atoms with Crippen molar-refractivity contribution in [2.75, 3.05) is 43.4 Å². The number of phenols is 1. The molecule has 8 heteroatoms. The molecule has 2 aromatic carbocycles. The van der Waals surface area contributed by atoms with Gasteiger partial charge in [-0.1, -0.05) is 36.9 Å². The molecule has 1 saturated heterocycles. The lowest BCUT2D eigenvalue weighted by Crippen LogP contribution is -2.50. The van der Waals surface area contributed by atoms with Gasteiger partial charge in [-0.15, -0.1) is 0 Å². The molecule has 0 radical (unpaired) electrons. The van der Waals surface area contributed by atoms with Gasteiger partial charge in [0.05, 0.1) is 10.6 Å². The molecule has 0 bridgehead atoms. The normalized spacial score (nSPS) is 17.0. The fourth-order valence-corrected chi connectivity index (χ4v) is 4.91. The number of rotatable bonds is 4. The smallest absolute Gasteiger partial charge is 0.321 e. The molecule has 0 aromatic heterocycles. The van der Waals surface area contributed by atoms with Crippen molar-refractivity contribution in [2.24, 2.45) is 0 Å². The predicted octanol–water partition coefficient (Wildman–Crippen LogP) is 4.80. The second kappa shape index (κ2) is 10.3. The first-order valence-electron chi connectivity index (χ1n) is 11.6. The second-order valence-electron chi connectivity index (χ2n) is 8.83. The largest absolute Gasteiger partial charge is 0.508 e. The standard InChI is InChI=1S/C25H31ClN4O3/c1-28(19-6-3-2-4-7-19)24(32)22-11-10-18(16-23(22)26)27-25(33)30-14-12-29(13-15-30)20-8-5-9-21(31)17-20/h5,8-11,16-17,19,31H,2-4,6-7,12-15H2,1H3,(H,27,33). The molecule has 1 heterocycles. The van der Waals surface area contributed by atoms with E-state index in [2.05, 4.69) is 10.2 Å². The Morgan fingerprint density at radius 3 is 2.42 bits per heavy atom. The van der Waals surface area contributed by atoms with Crippen molar-refractivity contribution in [3.05, 3.63) is 53.1 Å². The minimum absolute atomic E-state index is 0.0761. The molecule has 1 saturated carbocycles. The summed E-state index contributed by atoms with van der Waals surface area (Å²) in [6.07, 6.45) is 5.62. The van der Waals surface area contributed by atoms with Gasteiger partial charge in [0.25, 0.3) is 5.91 Å². The van der Waals surface area contributed by atoms with E-state index in [1.807, 2.05) is 24.1 Å². The maximum absolute atomic E-state index is 12.9. The predicted molar refractivity (Wildman–Crippen MR) is 131 cm³/mol. The number of hydrogen-bond acceptors (Lipinski definition) is 4. The number of benzene rings is 2. The monoisotopic (exact) mass is 470 g/mol. The number of amides is 3. The summed E-state index contributed by atoms with van der Waals surface area (Å²) in [6, 6.07) is 12.3. The number of piperazine rings is 1. The fraction of sp³-hybridized carbons (Fsp3) is 0.440.